The molecular formula is C17H15N7O. The monoisotopic (exact) mass is 333 g/mol. The maximum Gasteiger partial charge on any atom is 0.246 e. The lowest BCUT2D eigenvalue weighted by atomic mass is 10.1. The quantitative estimate of drug-likeness (QED) is 0.593. The molecule has 0 radical (unpaired) electrons. The van der Waals surface area contributed by atoms with E-state index in [9.17, 15) is 4.79 Å². The highest BCUT2D eigenvalue weighted by molar-refractivity contribution is 5.90. The van der Waals surface area contributed by atoms with Gasteiger partial charge in [0.25, 0.3) is 0 Å². The molecule has 3 aromatic heterocycles. The molecule has 0 fully saturated rings. The van der Waals surface area contributed by atoms with Gasteiger partial charge in [-0.05, 0) is 29.8 Å². The van der Waals surface area contributed by atoms with Crippen LogP contribution in [-0.2, 0) is 11.3 Å². The van der Waals surface area contributed by atoms with E-state index in [1.54, 1.807) is 21.6 Å². The maximum absolute atomic E-state index is 12.1. The Balaban J connectivity index is 1.50. The summed E-state index contributed by atoms with van der Waals surface area (Å²) in [5.41, 5.74) is 8.82. The molecular weight excluding hydrogens is 318 g/mol. The van der Waals surface area contributed by atoms with Gasteiger partial charge in [0.1, 0.15) is 6.54 Å². The molecule has 1 aromatic carbocycles. The summed E-state index contributed by atoms with van der Waals surface area (Å²) >= 11 is 0. The highest BCUT2D eigenvalue weighted by atomic mass is 16.2. The van der Waals surface area contributed by atoms with Gasteiger partial charge in [-0.15, -0.1) is 5.10 Å². The molecule has 4 rings (SSSR count). The number of anilines is 2. The van der Waals surface area contributed by atoms with E-state index in [4.69, 9.17) is 5.73 Å². The van der Waals surface area contributed by atoms with E-state index < -0.39 is 0 Å². The van der Waals surface area contributed by atoms with Crippen LogP contribution in [-0.4, -0.2) is 30.3 Å². The number of para-hydroxylation sites is 1. The van der Waals surface area contributed by atoms with Gasteiger partial charge in [-0.25, -0.2) is 4.52 Å². The SMILES string of the molecule is Nc1nc2cc(-c3cnn(CC(=O)Nc4ccccc4)c3)ccn2n1. The number of rotatable bonds is 4. The third kappa shape index (κ3) is 3.18. The van der Waals surface area contributed by atoms with E-state index in [0.29, 0.717) is 5.65 Å². The van der Waals surface area contributed by atoms with E-state index >= 15 is 0 Å². The number of hydrogen-bond donors (Lipinski definition) is 2. The number of fused-ring (bicyclic) bond motifs is 1. The van der Waals surface area contributed by atoms with E-state index in [1.807, 2.05) is 48.7 Å². The standard InChI is InChI=1S/C17H15N7O/c18-17-21-15-8-12(6-7-24(15)22-17)13-9-19-23(10-13)11-16(25)20-14-4-2-1-3-5-14/h1-10H,11H2,(H2,18,22)(H,20,25). The second kappa shape index (κ2) is 6.08. The van der Waals surface area contributed by atoms with E-state index in [0.717, 1.165) is 16.8 Å². The Kier molecular flexibility index (Phi) is 3.62. The molecule has 0 aliphatic heterocycles. The Morgan fingerprint density at radius 2 is 2.00 bits per heavy atom. The lowest BCUT2D eigenvalue weighted by Gasteiger charge is -2.04. The molecule has 0 atom stereocenters. The maximum atomic E-state index is 12.1. The second-order valence-electron chi connectivity index (χ2n) is 5.53. The molecule has 3 heterocycles. The Bertz CT molecular complexity index is 1040. The van der Waals surface area contributed by atoms with Crippen molar-refractivity contribution in [1.82, 2.24) is 24.4 Å². The summed E-state index contributed by atoms with van der Waals surface area (Å²) in [6.07, 6.45) is 5.31. The van der Waals surface area contributed by atoms with E-state index in [-0.39, 0.29) is 18.4 Å². The average Bonchev–Trinajstić information content (AvgIpc) is 3.20. The first-order valence-electron chi connectivity index (χ1n) is 7.67. The first kappa shape index (κ1) is 14.9. The van der Waals surface area contributed by atoms with Crippen molar-refractivity contribution >= 4 is 23.2 Å². The van der Waals surface area contributed by atoms with Crippen LogP contribution in [0, 0.1) is 0 Å². The molecule has 0 aliphatic carbocycles. The van der Waals surface area contributed by atoms with Crippen LogP contribution in [0.4, 0.5) is 11.6 Å². The predicted octanol–water partition coefficient (Wildman–Crippen LogP) is 1.81. The number of nitrogens with zero attached hydrogens (tertiary/aromatic N) is 5. The molecule has 0 unspecified atom stereocenters. The van der Waals surface area contributed by atoms with Crippen LogP contribution >= 0.6 is 0 Å². The number of carbonyl (C=O) groups is 1. The molecule has 0 aliphatic rings. The predicted molar refractivity (Wildman–Crippen MR) is 93.7 cm³/mol. The van der Waals surface area contributed by atoms with Crippen molar-refractivity contribution in [3.05, 3.63) is 61.1 Å². The number of hydrogen-bond acceptors (Lipinski definition) is 5. The summed E-state index contributed by atoms with van der Waals surface area (Å²) in [7, 11) is 0. The first-order chi connectivity index (χ1) is 12.2. The number of benzene rings is 1. The van der Waals surface area contributed by atoms with Gasteiger partial charge in [0.2, 0.25) is 11.9 Å². The third-order valence-electron chi connectivity index (χ3n) is 3.68. The number of nitrogens with one attached hydrogen (secondary N) is 1. The van der Waals surface area contributed by atoms with Crippen LogP contribution < -0.4 is 11.1 Å². The molecule has 0 spiro atoms. The average molecular weight is 333 g/mol. The van der Waals surface area contributed by atoms with Crippen LogP contribution in [0.3, 0.4) is 0 Å². The van der Waals surface area contributed by atoms with Crippen LogP contribution in [0.2, 0.25) is 0 Å². The zero-order valence-corrected chi connectivity index (χ0v) is 13.2. The lowest BCUT2D eigenvalue weighted by Crippen LogP contribution is -2.18. The van der Waals surface area contributed by atoms with Crippen molar-refractivity contribution in [2.24, 2.45) is 0 Å². The smallest absolute Gasteiger partial charge is 0.246 e. The number of nitrogens with two attached hydrogens (primary N) is 1. The number of pyridine rings is 1. The second-order valence-corrected chi connectivity index (χ2v) is 5.53. The van der Waals surface area contributed by atoms with Crippen molar-refractivity contribution in [3.8, 4) is 11.1 Å². The van der Waals surface area contributed by atoms with Gasteiger partial charge < -0.3 is 11.1 Å². The zero-order valence-electron chi connectivity index (χ0n) is 13.2. The third-order valence-corrected chi connectivity index (χ3v) is 3.68. The fourth-order valence-electron chi connectivity index (χ4n) is 2.55. The van der Waals surface area contributed by atoms with Gasteiger partial charge in [-0.1, -0.05) is 18.2 Å². The van der Waals surface area contributed by atoms with Crippen molar-refractivity contribution in [2.45, 2.75) is 6.54 Å². The Labute approximate surface area is 142 Å². The fraction of sp³-hybridized carbons (Fsp3) is 0.0588. The summed E-state index contributed by atoms with van der Waals surface area (Å²) in [5, 5.41) is 11.1. The normalized spacial score (nSPS) is 10.9. The lowest BCUT2D eigenvalue weighted by molar-refractivity contribution is -0.116. The van der Waals surface area contributed by atoms with Gasteiger partial charge >= 0.3 is 0 Å². The number of carbonyl (C=O) groups excluding carboxylic acids is 1. The summed E-state index contributed by atoms with van der Waals surface area (Å²) in [4.78, 5) is 16.2. The summed E-state index contributed by atoms with van der Waals surface area (Å²) < 4.78 is 3.20. The Morgan fingerprint density at radius 1 is 1.16 bits per heavy atom. The molecule has 8 heteroatoms. The molecule has 1 amide bonds. The van der Waals surface area contributed by atoms with Crippen molar-refractivity contribution in [3.63, 3.8) is 0 Å². The van der Waals surface area contributed by atoms with Crippen molar-refractivity contribution < 1.29 is 4.79 Å². The van der Waals surface area contributed by atoms with E-state index in [1.165, 1.54) is 0 Å². The van der Waals surface area contributed by atoms with Crippen LogP contribution in [0.5, 0.6) is 0 Å². The van der Waals surface area contributed by atoms with Crippen LogP contribution in [0.1, 0.15) is 0 Å². The van der Waals surface area contributed by atoms with Crippen molar-refractivity contribution in [2.75, 3.05) is 11.1 Å². The van der Waals surface area contributed by atoms with E-state index in [2.05, 4.69) is 20.5 Å². The number of aromatic nitrogens is 5. The highest BCUT2D eigenvalue weighted by Crippen LogP contribution is 2.20. The minimum atomic E-state index is -0.137. The van der Waals surface area contributed by atoms with Gasteiger partial charge in [0, 0.05) is 23.6 Å². The van der Waals surface area contributed by atoms with Crippen LogP contribution in [0.15, 0.2) is 61.1 Å². The molecule has 25 heavy (non-hydrogen) atoms. The largest absolute Gasteiger partial charge is 0.366 e. The zero-order chi connectivity index (χ0) is 17.2. The van der Waals surface area contributed by atoms with Crippen molar-refractivity contribution in [1.29, 1.82) is 0 Å². The highest BCUT2D eigenvalue weighted by Gasteiger charge is 2.08. The summed E-state index contributed by atoms with van der Waals surface area (Å²) in [6.45, 7) is 0.134. The number of nitrogen functional groups attached to an aromatic ring is 1. The molecule has 8 nitrogen and oxygen atoms in total. The first-order valence-corrected chi connectivity index (χ1v) is 7.67. The number of amides is 1. The Morgan fingerprint density at radius 3 is 2.84 bits per heavy atom. The van der Waals surface area contributed by atoms with Gasteiger partial charge in [0.05, 0.1) is 6.20 Å². The Hall–Kier alpha value is -3.68. The topological polar surface area (TPSA) is 103 Å². The van der Waals surface area contributed by atoms with Gasteiger partial charge in [0.15, 0.2) is 5.65 Å². The molecule has 124 valence electrons. The summed E-state index contributed by atoms with van der Waals surface area (Å²) in [5.74, 6) is 0.0898. The van der Waals surface area contributed by atoms with Gasteiger partial charge in [-0.2, -0.15) is 10.1 Å². The molecule has 3 N–H and O–H groups in total. The molecule has 0 saturated heterocycles. The fourth-order valence-corrected chi connectivity index (χ4v) is 2.55. The van der Waals surface area contributed by atoms with Gasteiger partial charge in [-0.3, -0.25) is 9.48 Å². The minimum absolute atomic E-state index is 0.134. The molecule has 4 aromatic rings. The molecule has 0 bridgehead atoms. The van der Waals surface area contributed by atoms with Crippen LogP contribution in [0.25, 0.3) is 16.8 Å². The molecule has 0 saturated carbocycles. The summed E-state index contributed by atoms with van der Waals surface area (Å²) in [6, 6.07) is 13.1. The minimum Gasteiger partial charge on any atom is -0.366 e.